The van der Waals surface area contributed by atoms with Crippen LogP contribution >= 0.6 is 22.9 Å². The van der Waals surface area contributed by atoms with Crippen LogP contribution in [0.3, 0.4) is 0 Å². The summed E-state index contributed by atoms with van der Waals surface area (Å²) in [5.41, 5.74) is 0. The number of halogens is 1. The highest BCUT2D eigenvalue weighted by molar-refractivity contribution is 7.16. The number of nitrogens with zero attached hydrogens (tertiary/aromatic N) is 1. The number of thiophene rings is 1. The van der Waals surface area contributed by atoms with Crippen molar-refractivity contribution in [3.05, 3.63) is 21.3 Å². The Kier molecular flexibility index (Phi) is 4.42. The van der Waals surface area contributed by atoms with E-state index in [0.29, 0.717) is 4.34 Å². The fraction of sp³-hybridized carbons (Fsp3) is 0.583. The highest BCUT2D eigenvalue weighted by atomic mass is 35.5. The SMILES string of the molecule is CC(C)(C)[Si](C)(C)OC(C#N)c1ccc(Cl)s1. The second-order valence-electron chi connectivity index (χ2n) is 5.53. The zero-order chi connectivity index (χ0) is 13.3. The Morgan fingerprint density at radius 2 is 2.00 bits per heavy atom. The minimum Gasteiger partial charge on any atom is -0.397 e. The van der Waals surface area contributed by atoms with E-state index in [1.165, 1.54) is 11.3 Å². The third kappa shape index (κ3) is 3.56. The zero-order valence-corrected chi connectivity index (χ0v) is 13.4. The topological polar surface area (TPSA) is 33.0 Å². The van der Waals surface area contributed by atoms with Crippen molar-refractivity contribution in [3.63, 3.8) is 0 Å². The quantitative estimate of drug-likeness (QED) is 0.734. The normalized spacial score (nSPS) is 14.4. The number of rotatable bonds is 3. The van der Waals surface area contributed by atoms with Gasteiger partial charge in [0.2, 0.25) is 0 Å². The van der Waals surface area contributed by atoms with E-state index < -0.39 is 14.4 Å². The van der Waals surface area contributed by atoms with Gasteiger partial charge >= 0.3 is 0 Å². The number of hydrogen-bond donors (Lipinski definition) is 0. The first kappa shape index (κ1) is 14.7. The van der Waals surface area contributed by atoms with E-state index in [9.17, 15) is 5.26 Å². The molecule has 1 atom stereocenters. The lowest BCUT2D eigenvalue weighted by Gasteiger charge is -2.37. The summed E-state index contributed by atoms with van der Waals surface area (Å²) in [4.78, 5) is 0.891. The molecule has 94 valence electrons. The molecule has 0 fully saturated rings. The summed E-state index contributed by atoms with van der Waals surface area (Å²) in [7, 11) is -1.92. The molecule has 0 aliphatic rings. The number of nitriles is 1. The van der Waals surface area contributed by atoms with Crippen LogP contribution in [0.15, 0.2) is 12.1 Å². The van der Waals surface area contributed by atoms with Gasteiger partial charge in [-0.15, -0.1) is 11.3 Å². The molecule has 2 nitrogen and oxygen atoms in total. The highest BCUT2D eigenvalue weighted by Crippen LogP contribution is 2.40. The lowest BCUT2D eigenvalue weighted by molar-refractivity contribution is 0.239. The number of hydrogen-bond acceptors (Lipinski definition) is 3. The maximum atomic E-state index is 9.23. The van der Waals surface area contributed by atoms with Crippen LogP contribution in [0.25, 0.3) is 0 Å². The van der Waals surface area contributed by atoms with Gasteiger partial charge in [-0.05, 0) is 30.3 Å². The molecule has 1 aromatic rings. The van der Waals surface area contributed by atoms with E-state index >= 15 is 0 Å². The van der Waals surface area contributed by atoms with Crippen LogP contribution in [0.2, 0.25) is 22.5 Å². The van der Waals surface area contributed by atoms with E-state index in [2.05, 4.69) is 39.9 Å². The molecule has 17 heavy (non-hydrogen) atoms. The summed E-state index contributed by atoms with van der Waals surface area (Å²) in [6, 6.07) is 5.90. The van der Waals surface area contributed by atoms with Gasteiger partial charge in [0.1, 0.15) is 0 Å². The van der Waals surface area contributed by atoms with Crippen molar-refractivity contribution in [1.82, 2.24) is 0 Å². The first-order valence-corrected chi connectivity index (χ1v) is 9.60. The Hall–Kier alpha value is -0.343. The van der Waals surface area contributed by atoms with E-state index in [4.69, 9.17) is 16.0 Å². The molecule has 0 spiro atoms. The second-order valence-corrected chi connectivity index (χ2v) is 12.0. The summed E-state index contributed by atoms with van der Waals surface area (Å²) < 4.78 is 6.77. The van der Waals surface area contributed by atoms with Crippen molar-refractivity contribution in [2.75, 3.05) is 0 Å². The molecule has 1 heterocycles. The molecule has 1 rings (SSSR count). The van der Waals surface area contributed by atoms with Crippen LogP contribution in [0.4, 0.5) is 0 Å². The summed E-state index contributed by atoms with van der Waals surface area (Å²) in [5, 5.41) is 9.33. The monoisotopic (exact) mass is 287 g/mol. The molecule has 0 radical (unpaired) electrons. The smallest absolute Gasteiger partial charge is 0.194 e. The lowest BCUT2D eigenvalue weighted by Crippen LogP contribution is -2.41. The van der Waals surface area contributed by atoms with E-state index in [0.717, 1.165) is 4.88 Å². The van der Waals surface area contributed by atoms with Crippen molar-refractivity contribution >= 4 is 31.3 Å². The second kappa shape index (κ2) is 5.11. The van der Waals surface area contributed by atoms with E-state index in [-0.39, 0.29) is 5.04 Å². The van der Waals surface area contributed by atoms with Crippen molar-refractivity contribution in [1.29, 1.82) is 5.26 Å². The Bertz CT molecular complexity index is 430. The average molecular weight is 288 g/mol. The van der Waals surface area contributed by atoms with Crippen LogP contribution in [0, 0.1) is 11.3 Å². The molecule has 0 aliphatic heterocycles. The third-order valence-corrected chi connectivity index (χ3v) is 8.90. The molecule has 0 bridgehead atoms. The first-order chi connectivity index (χ1) is 7.67. The van der Waals surface area contributed by atoms with E-state index in [1.54, 1.807) is 6.07 Å². The van der Waals surface area contributed by atoms with Gasteiger partial charge in [0.15, 0.2) is 14.4 Å². The standard InChI is InChI=1S/C12H18ClNOSSi/c1-12(2,3)17(4,5)15-9(8-14)10-6-7-11(13)16-10/h6-7,9H,1-5H3. The maximum Gasteiger partial charge on any atom is 0.194 e. The molecule has 0 N–H and O–H groups in total. The Labute approximate surface area is 113 Å². The minimum atomic E-state index is -1.92. The predicted octanol–water partition coefficient (Wildman–Crippen LogP) is 4.99. The largest absolute Gasteiger partial charge is 0.397 e. The average Bonchev–Trinajstić information content (AvgIpc) is 2.59. The first-order valence-electron chi connectivity index (χ1n) is 5.50. The van der Waals surface area contributed by atoms with Crippen LogP contribution in [-0.2, 0) is 4.43 Å². The fourth-order valence-corrected chi connectivity index (χ4v) is 3.33. The Morgan fingerprint density at radius 1 is 1.41 bits per heavy atom. The fourth-order valence-electron chi connectivity index (χ4n) is 1.09. The van der Waals surface area contributed by atoms with Gasteiger partial charge in [0, 0.05) is 4.88 Å². The highest BCUT2D eigenvalue weighted by Gasteiger charge is 2.39. The van der Waals surface area contributed by atoms with Gasteiger partial charge in [-0.1, -0.05) is 32.4 Å². The molecule has 0 aliphatic carbocycles. The van der Waals surface area contributed by atoms with Crippen LogP contribution < -0.4 is 0 Å². The maximum absolute atomic E-state index is 9.23. The van der Waals surface area contributed by atoms with Crippen molar-refractivity contribution in [2.24, 2.45) is 0 Å². The molecular weight excluding hydrogens is 270 g/mol. The van der Waals surface area contributed by atoms with E-state index in [1.807, 2.05) is 6.07 Å². The molecule has 1 aromatic heterocycles. The Morgan fingerprint density at radius 3 is 2.35 bits per heavy atom. The summed E-state index contributed by atoms with van der Waals surface area (Å²) >= 11 is 7.30. The van der Waals surface area contributed by atoms with Gasteiger partial charge in [-0.3, -0.25) is 0 Å². The molecule has 1 unspecified atom stereocenters. The van der Waals surface area contributed by atoms with Gasteiger partial charge in [-0.2, -0.15) is 5.26 Å². The van der Waals surface area contributed by atoms with Gasteiger partial charge in [0.25, 0.3) is 0 Å². The molecule has 0 saturated carbocycles. The molecule has 0 saturated heterocycles. The van der Waals surface area contributed by atoms with Crippen molar-refractivity contribution in [3.8, 4) is 6.07 Å². The van der Waals surface area contributed by atoms with Crippen LogP contribution in [0.5, 0.6) is 0 Å². The van der Waals surface area contributed by atoms with Crippen LogP contribution in [0.1, 0.15) is 31.8 Å². The summed E-state index contributed by atoms with van der Waals surface area (Å²) in [6.07, 6.45) is -0.492. The van der Waals surface area contributed by atoms with Crippen molar-refractivity contribution < 1.29 is 4.43 Å². The lowest BCUT2D eigenvalue weighted by atomic mass is 10.2. The summed E-state index contributed by atoms with van der Waals surface area (Å²) in [5.74, 6) is 0. The van der Waals surface area contributed by atoms with Gasteiger partial charge in [0.05, 0.1) is 10.4 Å². The van der Waals surface area contributed by atoms with Gasteiger partial charge in [-0.25, -0.2) is 0 Å². The predicted molar refractivity (Wildman–Crippen MR) is 76.0 cm³/mol. The molecule has 0 aromatic carbocycles. The summed E-state index contributed by atoms with van der Waals surface area (Å²) in [6.45, 7) is 10.8. The minimum absolute atomic E-state index is 0.100. The van der Waals surface area contributed by atoms with Crippen molar-refractivity contribution in [2.45, 2.75) is 45.0 Å². The zero-order valence-electron chi connectivity index (χ0n) is 10.9. The molecule has 5 heteroatoms. The molecule has 0 amide bonds. The van der Waals surface area contributed by atoms with Crippen LogP contribution in [-0.4, -0.2) is 8.32 Å². The third-order valence-electron chi connectivity index (χ3n) is 3.19. The Balaban J connectivity index is 2.89. The molecular formula is C12H18ClNOSSi. The van der Waals surface area contributed by atoms with Gasteiger partial charge < -0.3 is 4.43 Å².